The zero-order valence-electron chi connectivity index (χ0n) is 7.38. The number of amides is 1. The SMILES string of the molecule is COC(=O)N[C@@H](C)C(C)OC. The molecule has 0 aliphatic carbocycles. The van der Waals surface area contributed by atoms with E-state index < -0.39 is 6.09 Å². The van der Waals surface area contributed by atoms with Crippen LogP contribution in [0.2, 0.25) is 0 Å². The van der Waals surface area contributed by atoms with Crippen molar-refractivity contribution in [3.05, 3.63) is 0 Å². The van der Waals surface area contributed by atoms with Crippen molar-refractivity contribution in [1.82, 2.24) is 5.32 Å². The second-order valence-electron chi connectivity index (χ2n) is 2.37. The Balaban J connectivity index is 3.67. The number of carbonyl (C=O) groups is 1. The van der Waals surface area contributed by atoms with Gasteiger partial charge in [0.15, 0.2) is 0 Å². The first kappa shape index (κ1) is 10.2. The Morgan fingerprint density at radius 3 is 2.27 bits per heavy atom. The van der Waals surface area contributed by atoms with Gasteiger partial charge in [-0.1, -0.05) is 0 Å². The minimum Gasteiger partial charge on any atom is -0.453 e. The van der Waals surface area contributed by atoms with Crippen LogP contribution in [0.5, 0.6) is 0 Å². The number of hydrogen-bond donors (Lipinski definition) is 1. The molecule has 1 unspecified atom stereocenters. The van der Waals surface area contributed by atoms with Gasteiger partial charge in [-0.05, 0) is 13.8 Å². The quantitative estimate of drug-likeness (QED) is 0.665. The molecule has 1 amide bonds. The Labute approximate surface area is 66.9 Å². The summed E-state index contributed by atoms with van der Waals surface area (Å²) in [5.41, 5.74) is 0. The Morgan fingerprint density at radius 2 is 1.91 bits per heavy atom. The predicted molar refractivity (Wildman–Crippen MR) is 41.5 cm³/mol. The second kappa shape index (κ2) is 4.96. The maximum atomic E-state index is 10.7. The number of rotatable bonds is 3. The van der Waals surface area contributed by atoms with Crippen LogP contribution in [-0.4, -0.2) is 32.5 Å². The number of nitrogens with one attached hydrogen (secondary N) is 1. The topological polar surface area (TPSA) is 47.6 Å². The lowest BCUT2D eigenvalue weighted by molar-refractivity contribution is 0.0843. The lowest BCUT2D eigenvalue weighted by Gasteiger charge is -2.18. The third-order valence-corrected chi connectivity index (χ3v) is 1.61. The largest absolute Gasteiger partial charge is 0.453 e. The fraction of sp³-hybridized carbons (Fsp3) is 0.857. The van der Waals surface area contributed by atoms with Crippen molar-refractivity contribution in [3.63, 3.8) is 0 Å². The van der Waals surface area contributed by atoms with E-state index in [9.17, 15) is 4.79 Å². The first-order valence-corrected chi connectivity index (χ1v) is 3.49. The molecule has 0 saturated heterocycles. The standard InChI is InChI=1S/C7H15NO3/c1-5(6(2)10-3)8-7(9)11-4/h5-6H,1-4H3,(H,8,9)/t5-,6?/m0/s1. The average molecular weight is 161 g/mol. The zero-order valence-corrected chi connectivity index (χ0v) is 7.38. The fourth-order valence-electron chi connectivity index (χ4n) is 0.566. The van der Waals surface area contributed by atoms with Gasteiger partial charge in [0.25, 0.3) is 0 Å². The lowest BCUT2D eigenvalue weighted by Crippen LogP contribution is -2.40. The van der Waals surface area contributed by atoms with Crippen molar-refractivity contribution in [3.8, 4) is 0 Å². The molecule has 0 radical (unpaired) electrons. The molecule has 11 heavy (non-hydrogen) atoms. The molecule has 0 rings (SSSR count). The Bertz CT molecular complexity index is 127. The molecule has 0 heterocycles. The van der Waals surface area contributed by atoms with Gasteiger partial charge in [0.05, 0.1) is 19.3 Å². The molecule has 0 aromatic heterocycles. The highest BCUT2D eigenvalue weighted by Crippen LogP contribution is 1.95. The predicted octanol–water partition coefficient (Wildman–Crippen LogP) is 0.766. The summed E-state index contributed by atoms with van der Waals surface area (Å²) in [6.45, 7) is 3.73. The van der Waals surface area contributed by atoms with Crippen molar-refractivity contribution < 1.29 is 14.3 Å². The zero-order chi connectivity index (χ0) is 8.85. The molecule has 0 aliphatic rings. The Kier molecular flexibility index (Phi) is 4.61. The fourth-order valence-corrected chi connectivity index (χ4v) is 0.566. The van der Waals surface area contributed by atoms with E-state index in [4.69, 9.17) is 4.74 Å². The van der Waals surface area contributed by atoms with Crippen LogP contribution in [0.15, 0.2) is 0 Å². The van der Waals surface area contributed by atoms with Crippen LogP contribution in [0.25, 0.3) is 0 Å². The monoisotopic (exact) mass is 161 g/mol. The van der Waals surface area contributed by atoms with E-state index in [1.807, 2.05) is 13.8 Å². The normalized spacial score (nSPS) is 15.3. The number of methoxy groups -OCH3 is 2. The highest BCUT2D eigenvalue weighted by molar-refractivity contribution is 5.67. The van der Waals surface area contributed by atoms with Crippen molar-refractivity contribution in [2.45, 2.75) is 26.0 Å². The highest BCUT2D eigenvalue weighted by Gasteiger charge is 2.13. The van der Waals surface area contributed by atoms with Crippen LogP contribution >= 0.6 is 0 Å². The third kappa shape index (κ3) is 3.83. The van der Waals surface area contributed by atoms with E-state index >= 15 is 0 Å². The minimum absolute atomic E-state index is 0.00546. The molecule has 1 N–H and O–H groups in total. The van der Waals surface area contributed by atoms with E-state index in [0.29, 0.717) is 0 Å². The van der Waals surface area contributed by atoms with Gasteiger partial charge in [-0.2, -0.15) is 0 Å². The molecule has 0 aromatic carbocycles. The molecule has 0 aromatic rings. The molecule has 0 saturated carbocycles. The summed E-state index contributed by atoms with van der Waals surface area (Å²) in [5, 5.41) is 2.59. The summed E-state index contributed by atoms with van der Waals surface area (Å²) in [5.74, 6) is 0. The van der Waals surface area contributed by atoms with Crippen molar-refractivity contribution in [1.29, 1.82) is 0 Å². The minimum atomic E-state index is -0.429. The highest BCUT2D eigenvalue weighted by atomic mass is 16.5. The van der Waals surface area contributed by atoms with E-state index in [0.717, 1.165) is 0 Å². The van der Waals surface area contributed by atoms with E-state index in [1.165, 1.54) is 7.11 Å². The summed E-state index contributed by atoms with van der Waals surface area (Å²) in [7, 11) is 2.93. The van der Waals surface area contributed by atoms with Gasteiger partial charge in [-0.3, -0.25) is 0 Å². The van der Waals surface area contributed by atoms with Crippen LogP contribution in [0.3, 0.4) is 0 Å². The van der Waals surface area contributed by atoms with Crippen molar-refractivity contribution in [2.24, 2.45) is 0 Å². The molecule has 4 heteroatoms. The Hall–Kier alpha value is -0.770. The summed E-state index contributed by atoms with van der Waals surface area (Å²) in [4.78, 5) is 10.7. The van der Waals surface area contributed by atoms with Crippen molar-refractivity contribution >= 4 is 6.09 Å². The summed E-state index contributed by atoms with van der Waals surface area (Å²) in [6, 6.07) is -0.0348. The van der Waals surface area contributed by atoms with Crippen LogP contribution in [0.4, 0.5) is 4.79 Å². The molecule has 0 bridgehead atoms. The molecule has 2 atom stereocenters. The van der Waals surface area contributed by atoms with Crippen LogP contribution in [0, 0.1) is 0 Å². The van der Waals surface area contributed by atoms with Gasteiger partial charge in [0.2, 0.25) is 0 Å². The van der Waals surface area contributed by atoms with Gasteiger partial charge in [-0.15, -0.1) is 0 Å². The van der Waals surface area contributed by atoms with Gasteiger partial charge in [0, 0.05) is 7.11 Å². The summed E-state index contributed by atoms with van der Waals surface area (Å²) >= 11 is 0. The van der Waals surface area contributed by atoms with Crippen LogP contribution in [-0.2, 0) is 9.47 Å². The van der Waals surface area contributed by atoms with Gasteiger partial charge in [-0.25, -0.2) is 4.79 Å². The summed E-state index contributed by atoms with van der Waals surface area (Å²) < 4.78 is 9.40. The second-order valence-corrected chi connectivity index (χ2v) is 2.37. The third-order valence-electron chi connectivity index (χ3n) is 1.61. The molecule has 0 fully saturated rings. The van der Waals surface area contributed by atoms with E-state index in [1.54, 1.807) is 7.11 Å². The molecule has 66 valence electrons. The Morgan fingerprint density at radius 1 is 1.36 bits per heavy atom. The molecular formula is C7H15NO3. The average Bonchev–Trinajstić information content (AvgIpc) is 2.02. The number of ether oxygens (including phenoxy) is 2. The maximum absolute atomic E-state index is 10.7. The van der Waals surface area contributed by atoms with Crippen LogP contribution < -0.4 is 5.32 Å². The number of hydrogen-bond acceptors (Lipinski definition) is 3. The van der Waals surface area contributed by atoms with Gasteiger partial charge in [0.1, 0.15) is 0 Å². The number of alkyl carbamates (subject to hydrolysis) is 1. The van der Waals surface area contributed by atoms with E-state index in [-0.39, 0.29) is 12.1 Å². The van der Waals surface area contributed by atoms with Gasteiger partial charge >= 0.3 is 6.09 Å². The van der Waals surface area contributed by atoms with Crippen LogP contribution in [0.1, 0.15) is 13.8 Å². The molecule has 0 spiro atoms. The molecule has 0 aliphatic heterocycles. The van der Waals surface area contributed by atoms with Crippen molar-refractivity contribution in [2.75, 3.05) is 14.2 Å². The molecular weight excluding hydrogens is 146 g/mol. The first-order valence-electron chi connectivity index (χ1n) is 3.49. The number of carbonyl (C=O) groups excluding carboxylic acids is 1. The smallest absolute Gasteiger partial charge is 0.407 e. The molecule has 4 nitrogen and oxygen atoms in total. The van der Waals surface area contributed by atoms with Gasteiger partial charge < -0.3 is 14.8 Å². The lowest BCUT2D eigenvalue weighted by atomic mass is 10.2. The first-order chi connectivity index (χ1) is 5.11. The maximum Gasteiger partial charge on any atom is 0.407 e. The summed E-state index contributed by atoms with van der Waals surface area (Å²) in [6.07, 6.45) is -0.435. The van der Waals surface area contributed by atoms with E-state index in [2.05, 4.69) is 10.1 Å².